The minimum absolute atomic E-state index is 0.0765. The standard InChI is InChI=1S/C14H26O5/c1-11(2)7-18-13(5,15)9-17-10-14(6,16)19-8-12(3)4/h15-16H,1,3,7-10H2,2,4-6H3. The fourth-order valence-corrected chi connectivity index (χ4v) is 1.07. The molecular formula is C14H26O5. The summed E-state index contributed by atoms with van der Waals surface area (Å²) in [7, 11) is 0. The van der Waals surface area contributed by atoms with Crippen LogP contribution in [-0.2, 0) is 14.2 Å². The van der Waals surface area contributed by atoms with Gasteiger partial charge in [-0.3, -0.25) is 0 Å². The predicted octanol–water partition coefficient (Wildman–Crippen LogP) is 1.61. The Bertz CT molecular complexity index is 277. The first kappa shape index (κ1) is 18.3. The van der Waals surface area contributed by atoms with Crippen LogP contribution in [0.1, 0.15) is 27.7 Å². The first-order valence-electron chi connectivity index (χ1n) is 6.13. The summed E-state index contributed by atoms with van der Waals surface area (Å²) in [6, 6.07) is 0. The summed E-state index contributed by atoms with van der Waals surface area (Å²) in [4.78, 5) is 0. The Labute approximate surface area is 115 Å². The molecule has 2 N–H and O–H groups in total. The van der Waals surface area contributed by atoms with Crippen LogP contribution in [0.3, 0.4) is 0 Å². The summed E-state index contributed by atoms with van der Waals surface area (Å²) in [5.74, 6) is -2.85. The molecule has 0 aromatic rings. The Balaban J connectivity index is 3.98. The van der Waals surface area contributed by atoms with E-state index in [2.05, 4.69) is 13.2 Å². The van der Waals surface area contributed by atoms with Gasteiger partial charge in [-0.25, -0.2) is 0 Å². The average molecular weight is 274 g/mol. The van der Waals surface area contributed by atoms with Gasteiger partial charge in [0.25, 0.3) is 0 Å². The van der Waals surface area contributed by atoms with Crippen LogP contribution in [0.4, 0.5) is 0 Å². The van der Waals surface area contributed by atoms with Gasteiger partial charge in [0.2, 0.25) is 0 Å². The molecule has 0 aromatic carbocycles. The Morgan fingerprint density at radius 3 is 1.47 bits per heavy atom. The van der Waals surface area contributed by atoms with Crippen LogP contribution in [0, 0.1) is 0 Å². The van der Waals surface area contributed by atoms with Crippen molar-refractivity contribution < 1.29 is 24.4 Å². The Morgan fingerprint density at radius 1 is 0.895 bits per heavy atom. The molecule has 0 aromatic heterocycles. The largest absolute Gasteiger partial charge is 0.370 e. The molecule has 0 aliphatic rings. The SMILES string of the molecule is C=C(C)COC(C)(O)COCC(C)(O)OCC(=C)C. The van der Waals surface area contributed by atoms with Crippen LogP contribution in [0.2, 0.25) is 0 Å². The van der Waals surface area contributed by atoms with Crippen molar-refractivity contribution in [3.8, 4) is 0 Å². The Hall–Kier alpha value is -0.720. The molecule has 0 radical (unpaired) electrons. The highest BCUT2D eigenvalue weighted by molar-refractivity contribution is 4.88. The molecule has 2 atom stereocenters. The number of rotatable bonds is 10. The molecule has 0 saturated carbocycles. The zero-order valence-electron chi connectivity index (χ0n) is 12.4. The summed E-state index contributed by atoms with van der Waals surface area (Å²) in [5, 5.41) is 19.7. The van der Waals surface area contributed by atoms with Gasteiger partial charge in [0, 0.05) is 0 Å². The Morgan fingerprint density at radius 2 is 1.21 bits per heavy atom. The number of hydrogen-bond donors (Lipinski definition) is 2. The maximum Gasteiger partial charge on any atom is 0.186 e. The molecule has 0 spiro atoms. The van der Waals surface area contributed by atoms with E-state index in [-0.39, 0.29) is 26.4 Å². The molecular weight excluding hydrogens is 248 g/mol. The van der Waals surface area contributed by atoms with Gasteiger partial charge >= 0.3 is 0 Å². The molecule has 5 heteroatoms. The lowest BCUT2D eigenvalue weighted by Gasteiger charge is -2.27. The maximum atomic E-state index is 9.85. The van der Waals surface area contributed by atoms with Crippen LogP contribution in [0.5, 0.6) is 0 Å². The third-order valence-electron chi connectivity index (χ3n) is 2.00. The highest BCUT2D eigenvalue weighted by atomic mass is 16.7. The molecule has 0 amide bonds. The fourth-order valence-electron chi connectivity index (χ4n) is 1.07. The smallest absolute Gasteiger partial charge is 0.186 e. The molecule has 0 fully saturated rings. The van der Waals surface area contributed by atoms with E-state index in [1.54, 1.807) is 13.8 Å². The summed E-state index contributed by atoms with van der Waals surface area (Å²) < 4.78 is 15.6. The van der Waals surface area contributed by atoms with Crippen LogP contribution < -0.4 is 0 Å². The van der Waals surface area contributed by atoms with Crippen molar-refractivity contribution in [2.75, 3.05) is 26.4 Å². The van der Waals surface area contributed by atoms with E-state index in [9.17, 15) is 10.2 Å². The number of ether oxygens (including phenoxy) is 3. The predicted molar refractivity (Wildman–Crippen MR) is 73.6 cm³/mol. The van der Waals surface area contributed by atoms with E-state index < -0.39 is 11.6 Å². The lowest BCUT2D eigenvalue weighted by atomic mass is 10.3. The molecule has 0 heterocycles. The van der Waals surface area contributed by atoms with Crippen LogP contribution in [0.25, 0.3) is 0 Å². The minimum atomic E-state index is -1.43. The van der Waals surface area contributed by atoms with Gasteiger partial charge in [0.1, 0.15) is 13.2 Å². The molecule has 2 unspecified atom stereocenters. The van der Waals surface area contributed by atoms with Gasteiger partial charge in [0.05, 0.1) is 13.2 Å². The lowest BCUT2D eigenvalue weighted by molar-refractivity contribution is -0.252. The van der Waals surface area contributed by atoms with E-state index in [0.717, 1.165) is 11.1 Å². The molecule has 5 nitrogen and oxygen atoms in total. The first-order valence-corrected chi connectivity index (χ1v) is 6.13. The minimum Gasteiger partial charge on any atom is -0.370 e. The number of aliphatic hydroxyl groups is 2. The molecule has 19 heavy (non-hydrogen) atoms. The topological polar surface area (TPSA) is 68.2 Å². The van der Waals surface area contributed by atoms with Gasteiger partial charge in [-0.1, -0.05) is 24.3 Å². The second kappa shape index (κ2) is 7.77. The first-order chi connectivity index (χ1) is 8.54. The third-order valence-corrected chi connectivity index (χ3v) is 2.00. The monoisotopic (exact) mass is 274 g/mol. The van der Waals surface area contributed by atoms with Crippen LogP contribution >= 0.6 is 0 Å². The van der Waals surface area contributed by atoms with Gasteiger partial charge in [0.15, 0.2) is 11.6 Å². The average Bonchev–Trinajstić information content (AvgIpc) is 2.23. The molecule has 0 bridgehead atoms. The highest BCUT2D eigenvalue weighted by Gasteiger charge is 2.26. The van der Waals surface area contributed by atoms with Gasteiger partial charge in [-0.05, 0) is 27.7 Å². The molecule has 0 rings (SSSR count). The van der Waals surface area contributed by atoms with Gasteiger partial charge in [-0.2, -0.15) is 0 Å². The third kappa shape index (κ3) is 10.9. The Kier molecular flexibility index (Phi) is 7.47. The van der Waals surface area contributed by atoms with Gasteiger partial charge in [-0.15, -0.1) is 0 Å². The summed E-state index contributed by atoms with van der Waals surface area (Å²) in [5.41, 5.74) is 1.61. The van der Waals surface area contributed by atoms with Crippen LogP contribution in [0.15, 0.2) is 24.3 Å². The molecule has 0 aliphatic heterocycles. The van der Waals surface area contributed by atoms with E-state index >= 15 is 0 Å². The molecule has 0 aliphatic carbocycles. The van der Waals surface area contributed by atoms with Crippen molar-refractivity contribution in [3.63, 3.8) is 0 Å². The number of hydrogen-bond acceptors (Lipinski definition) is 5. The maximum absolute atomic E-state index is 9.85. The highest BCUT2D eigenvalue weighted by Crippen LogP contribution is 2.12. The van der Waals surface area contributed by atoms with E-state index in [1.807, 2.05) is 0 Å². The zero-order valence-corrected chi connectivity index (χ0v) is 12.4. The van der Waals surface area contributed by atoms with Crippen molar-refractivity contribution in [2.24, 2.45) is 0 Å². The van der Waals surface area contributed by atoms with Gasteiger partial charge < -0.3 is 24.4 Å². The lowest BCUT2D eigenvalue weighted by Crippen LogP contribution is -2.40. The van der Waals surface area contributed by atoms with Crippen molar-refractivity contribution in [1.29, 1.82) is 0 Å². The molecule has 112 valence electrons. The fraction of sp³-hybridized carbons (Fsp3) is 0.714. The summed E-state index contributed by atoms with van der Waals surface area (Å²) in [6.07, 6.45) is 0. The van der Waals surface area contributed by atoms with Crippen molar-refractivity contribution >= 4 is 0 Å². The van der Waals surface area contributed by atoms with Crippen molar-refractivity contribution in [3.05, 3.63) is 24.3 Å². The van der Waals surface area contributed by atoms with E-state index in [0.29, 0.717) is 0 Å². The second-order valence-electron chi connectivity index (χ2n) is 5.33. The summed E-state index contributed by atoms with van der Waals surface area (Å²) >= 11 is 0. The van der Waals surface area contributed by atoms with E-state index in [4.69, 9.17) is 14.2 Å². The molecule has 0 saturated heterocycles. The van der Waals surface area contributed by atoms with Crippen molar-refractivity contribution in [2.45, 2.75) is 39.3 Å². The quantitative estimate of drug-likeness (QED) is 0.468. The van der Waals surface area contributed by atoms with Crippen LogP contribution in [-0.4, -0.2) is 48.2 Å². The van der Waals surface area contributed by atoms with E-state index in [1.165, 1.54) is 13.8 Å². The normalized spacial score (nSPS) is 17.6. The van der Waals surface area contributed by atoms with Crippen molar-refractivity contribution in [1.82, 2.24) is 0 Å². The summed E-state index contributed by atoms with van der Waals surface area (Å²) in [6.45, 7) is 14.3. The zero-order chi connectivity index (χ0) is 15.1. The second-order valence-corrected chi connectivity index (χ2v) is 5.33.